The molecule has 1 aliphatic carbocycles. The topological polar surface area (TPSA) is 101 Å². The lowest BCUT2D eigenvalue weighted by Crippen LogP contribution is -2.41. The molecule has 2 N–H and O–H groups in total. The maximum atomic E-state index is 12.3. The van der Waals surface area contributed by atoms with Gasteiger partial charge in [0.15, 0.2) is 0 Å². The van der Waals surface area contributed by atoms with Crippen molar-refractivity contribution in [2.75, 3.05) is 6.54 Å². The van der Waals surface area contributed by atoms with Gasteiger partial charge in [0.25, 0.3) is 5.69 Å². The number of nitro groups is 1. The van der Waals surface area contributed by atoms with E-state index in [1.165, 1.54) is 24.3 Å². The second-order valence-corrected chi connectivity index (χ2v) is 7.46. The van der Waals surface area contributed by atoms with Crippen LogP contribution in [0.3, 0.4) is 0 Å². The number of rotatable bonds is 4. The molecule has 1 aliphatic heterocycles. The number of sulfonamides is 1. The van der Waals surface area contributed by atoms with Gasteiger partial charge in [0, 0.05) is 24.2 Å². The molecule has 0 amide bonds. The van der Waals surface area contributed by atoms with E-state index in [-0.39, 0.29) is 16.6 Å². The Bertz CT molecular complexity index is 632. The fourth-order valence-electron chi connectivity index (χ4n) is 3.23. The Labute approximate surface area is 122 Å². The molecule has 2 fully saturated rings. The van der Waals surface area contributed by atoms with Gasteiger partial charge in [0.1, 0.15) is 0 Å². The van der Waals surface area contributed by atoms with Gasteiger partial charge in [-0.3, -0.25) is 10.1 Å². The number of fused-ring (bicyclic) bond motifs is 2. The number of hydrogen-bond acceptors (Lipinski definition) is 5. The van der Waals surface area contributed by atoms with Crippen LogP contribution in [0, 0.1) is 16.0 Å². The number of nitro benzene ring substituents is 1. The quantitative estimate of drug-likeness (QED) is 0.638. The molecule has 2 aliphatic rings. The average Bonchev–Trinajstić information content (AvgIpc) is 2.77. The summed E-state index contributed by atoms with van der Waals surface area (Å²) < 4.78 is 27.4. The van der Waals surface area contributed by atoms with Crippen LogP contribution >= 0.6 is 0 Å². The van der Waals surface area contributed by atoms with E-state index in [4.69, 9.17) is 0 Å². The highest BCUT2D eigenvalue weighted by molar-refractivity contribution is 7.89. The fourth-order valence-corrected chi connectivity index (χ4v) is 4.50. The third-order valence-corrected chi connectivity index (χ3v) is 5.72. The maximum absolute atomic E-state index is 12.3. The standard InChI is InChI=1S/C13H17N3O4S/c17-16(18)12-1-3-13(4-2-12)21(19,20)15-11-6-9-5-10(7-11)14-8-9/h1-4,9-11,14-15H,5-8H2. The number of benzene rings is 1. The summed E-state index contributed by atoms with van der Waals surface area (Å²) in [5, 5.41) is 14.0. The summed E-state index contributed by atoms with van der Waals surface area (Å²) in [6, 6.07) is 5.30. The number of non-ortho nitro benzene ring substituents is 1. The van der Waals surface area contributed by atoms with Crippen LogP contribution in [-0.4, -0.2) is 32.0 Å². The first-order valence-corrected chi connectivity index (χ1v) is 8.42. The summed E-state index contributed by atoms with van der Waals surface area (Å²) in [5.41, 5.74) is -0.117. The molecule has 2 bridgehead atoms. The molecule has 114 valence electrons. The Morgan fingerprint density at radius 1 is 1.19 bits per heavy atom. The van der Waals surface area contributed by atoms with Gasteiger partial charge in [-0.1, -0.05) is 0 Å². The monoisotopic (exact) mass is 311 g/mol. The Balaban J connectivity index is 1.73. The largest absolute Gasteiger partial charge is 0.314 e. The number of nitrogens with zero attached hydrogens (tertiary/aromatic N) is 1. The minimum Gasteiger partial charge on any atom is -0.314 e. The van der Waals surface area contributed by atoms with Crippen molar-refractivity contribution in [1.29, 1.82) is 0 Å². The van der Waals surface area contributed by atoms with Crippen molar-refractivity contribution in [2.45, 2.75) is 36.2 Å². The van der Waals surface area contributed by atoms with Crippen LogP contribution in [0.4, 0.5) is 5.69 Å². The van der Waals surface area contributed by atoms with Crippen LogP contribution in [0.5, 0.6) is 0 Å². The van der Waals surface area contributed by atoms with Crippen LogP contribution in [0.15, 0.2) is 29.2 Å². The summed E-state index contributed by atoms with van der Waals surface area (Å²) in [4.78, 5) is 10.1. The summed E-state index contributed by atoms with van der Waals surface area (Å²) in [7, 11) is -3.62. The maximum Gasteiger partial charge on any atom is 0.269 e. The molecule has 1 saturated heterocycles. The molecule has 3 atom stereocenters. The zero-order valence-corrected chi connectivity index (χ0v) is 12.2. The second-order valence-electron chi connectivity index (χ2n) is 5.75. The third-order valence-electron chi connectivity index (χ3n) is 4.18. The summed E-state index contributed by atoms with van der Waals surface area (Å²) in [5.74, 6) is 0.535. The van der Waals surface area contributed by atoms with Crippen molar-refractivity contribution < 1.29 is 13.3 Å². The van der Waals surface area contributed by atoms with E-state index in [2.05, 4.69) is 10.0 Å². The average molecular weight is 311 g/mol. The molecule has 7 nitrogen and oxygen atoms in total. The van der Waals surface area contributed by atoms with Crippen LogP contribution in [-0.2, 0) is 10.0 Å². The SMILES string of the molecule is O=[N+]([O-])c1ccc(S(=O)(=O)NC2CC3CNC(C3)C2)cc1. The molecule has 8 heteroatoms. The predicted octanol–water partition coefficient (Wildman–Crippen LogP) is 1.01. The van der Waals surface area contributed by atoms with Crippen LogP contribution in [0.25, 0.3) is 0 Å². The minimum atomic E-state index is -3.62. The Morgan fingerprint density at radius 2 is 1.90 bits per heavy atom. The molecule has 0 radical (unpaired) electrons. The van der Waals surface area contributed by atoms with Gasteiger partial charge < -0.3 is 5.32 Å². The van der Waals surface area contributed by atoms with E-state index in [0.717, 1.165) is 25.8 Å². The Kier molecular flexibility index (Phi) is 3.68. The molecule has 1 saturated carbocycles. The van der Waals surface area contributed by atoms with Crippen molar-refractivity contribution in [3.8, 4) is 0 Å². The van der Waals surface area contributed by atoms with E-state index < -0.39 is 14.9 Å². The van der Waals surface area contributed by atoms with Gasteiger partial charge in [-0.05, 0) is 43.9 Å². The first kappa shape index (κ1) is 14.4. The second kappa shape index (κ2) is 5.36. The van der Waals surface area contributed by atoms with Crippen molar-refractivity contribution in [3.63, 3.8) is 0 Å². The molecule has 1 aromatic rings. The molecule has 0 spiro atoms. The van der Waals surface area contributed by atoms with Crippen LogP contribution < -0.4 is 10.0 Å². The van der Waals surface area contributed by atoms with Gasteiger partial charge in [-0.25, -0.2) is 13.1 Å². The van der Waals surface area contributed by atoms with Gasteiger partial charge in [0.05, 0.1) is 9.82 Å². The predicted molar refractivity (Wildman–Crippen MR) is 76.3 cm³/mol. The lowest BCUT2D eigenvalue weighted by atomic mass is 9.87. The molecule has 1 aromatic carbocycles. The van der Waals surface area contributed by atoms with E-state index in [1.807, 2.05) is 0 Å². The highest BCUT2D eigenvalue weighted by Gasteiger charge is 2.35. The van der Waals surface area contributed by atoms with E-state index in [0.29, 0.717) is 12.0 Å². The zero-order chi connectivity index (χ0) is 15.0. The zero-order valence-electron chi connectivity index (χ0n) is 11.4. The molecule has 3 unspecified atom stereocenters. The van der Waals surface area contributed by atoms with Crippen LogP contribution in [0.2, 0.25) is 0 Å². The normalized spacial score (nSPS) is 28.5. The van der Waals surface area contributed by atoms with E-state index in [9.17, 15) is 18.5 Å². The lowest BCUT2D eigenvalue weighted by molar-refractivity contribution is -0.384. The first-order valence-electron chi connectivity index (χ1n) is 6.94. The molecule has 0 aromatic heterocycles. The van der Waals surface area contributed by atoms with Crippen molar-refractivity contribution in [1.82, 2.24) is 10.0 Å². The number of nitrogens with one attached hydrogen (secondary N) is 2. The van der Waals surface area contributed by atoms with E-state index in [1.54, 1.807) is 0 Å². The minimum absolute atomic E-state index is 0.0658. The number of hydrogen-bond donors (Lipinski definition) is 2. The molecular formula is C13H17N3O4S. The summed E-state index contributed by atoms with van der Waals surface area (Å²) >= 11 is 0. The Morgan fingerprint density at radius 3 is 2.52 bits per heavy atom. The fraction of sp³-hybridized carbons (Fsp3) is 0.538. The Hall–Kier alpha value is -1.51. The van der Waals surface area contributed by atoms with Gasteiger partial charge in [0.2, 0.25) is 10.0 Å². The van der Waals surface area contributed by atoms with E-state index >= 15 is 0 Å². The van der Waals surface area contributed by atoms with Crippen molar-refractivity contribution in [3.05, 3.63) is 34.4 Å². The summed E-state index contributed by atoms with van der Waals surface area (Å²) in [6.45, 7) is 0.959. The molecular weight excluding hydrogens is 294 g/mol. The van der Waals surface area contributed by atoms with Gasteiger partial charge in [-0.15, -0.1) is 0 Å². The molecule has 21 heavy (non-hydrogen) atoms. The smallest absolute Gasteiger partial charge is 0.269 e. The van der Waals surface area contributed by atoms with Crippen molar-refractivity contribution in [2.24, 2.45) is 5.92 Å². The highest BCUT2D eigenvalue weighted by Crippen LogP contribution is 2.30. The highest BCUT2D eigenvalue weighted by atomic mass is 32.2. The third kappa shape index (κ3) is 3.07. The molecule has 1 heterocycles. The van der Waals surface area contributed by atoms with Gasteiger partial charge >= 0.3 is 0 Å². The van der Waals surface area contributed by atoms with Crippen molar-refractivity contribution >= 4 is 15.7 Å². The first-order chi connectivity index (χ1) is 9.94. The van der Waals surface area contributed by atoms with Crippen LogP contribution in [0.1, 0.15) is 19.3 Å². The molecule has 3 rings (SSSR count). The van der Waals surface area contributed by atoms with Gasteiger partial charge in [-0.2, -0.15) is 0 Å². The lowest BCUT2D eigenvalue weighted by Gasteiger charge is -2.27. The summed E-state index contributed by atoms with van der Waals surface area (Å²) in [6.07, 6.45) is 2.76.